The van der Waals surface area contributed by atoms with Crippen LogP contribution in [-0.2, 0) is 10.0 Å². The number of thiophene rings is 1. The second-order valence-electron chi connectivity index (χ2n) is 3.37. The lowest BCUT2D eigenvalue weighted by atomic mass is 10.5. The van der Waals surface area contributed by atoms with Crippen molar-refractivity contribution in [1.82, 2.24) is 4.98 Å². The highest BCUT2D eigenvalue weighted by Crippen LogP contribution is 2.23. The molecule has 2 aromatic heterocycles. The summed E-state index contributed by atoms with van der Waals surface area (Å²) in [7, 11) is -4.11. The highest BCUT2D eigenvalue weighted by Gasteiger charge is 2.24. The maximum Gasteiger partial charge on any atom is 0.347 e. The van der Waals surface area contributed by atoms with E-state index in [2.05, 4.69) is 4.98 Å². The molecule has 0 unspecified atom stereocenters. The molecule has 0 atom stereocenters. The lowest BCUT2D eigenvalue weighted by Crippen LogP contribution is -2.16. The first-order chi connectivity index (χ1) is 8.90. The zero-order chi connectivity index (χ0) is 14.0. The van der Waals surface area contributed by atoms with Crippen LogP contribution in [0.1, 0.15) is 9.67 Å². The number of carbonyl (C=O) groups is 1. The average Bonchev–Trinajstić information content (AvgIpc) is 2.77. The van der Waals surface area contributed by atoms with Gasteiger partial charge < -0.3 is 5.11 Å². The van der Waals surface area contributed by atoms with Crippen LogP contribution in [0.15, 0.2) is 34.5 Å². The van der Waals surface area contributed by atoms with E-state index in [1.807, 2.05) is 4.72 Å². The number of nitrogens with zero attached hydrogens (tertiary/aromatic N) is 1. The number of aromatic carboxylic acids is 1. The minimum atomic E-state index is -4.11. The van der Waals surface area contributed by atoms with Crippen molar-refractivity contribution in [2.45, 2.75) is 4.90 Å². The third-order valence-corrected chi connectivity index (χ3v) is 4.50. The molecule has 2 N–H and O–H groups in total. The third-order valence-electron chi connectivity index (χ3n) is 2.07. The molecule has 2 aromatic rings. The maximum atomic E-state index is 12.9. The van der Waals surface area contributed by atoms with E-state index < -0.39 is 21.9 Å². The molecule has 0 saturated carbocycles. The average molecular weight is 302 g/mol. The topological polar surface area (TPSA) is 96.4 Å². The van der Waals surface area contributed by atoms with E-state index in [0.717, 1.165) is 23.5 Å². The Morgan fingerprint density at radius 1 is 1.37 bits per heavy atom. The van der Waals surface area contributed by atoms with Gasteiger partial charge in [0.2, 0.25) is 5.95 Å². The van der Waals surface area contributed by atoms with E-state index in [4.69, 9.17) is 5.11 Å². The Kier molecular flexibility index (Phi) is 3.49. The minimum Gasteiger partial charge on any atom is -0.477 e. The van der Waals surface area contributed by atoms with Gasteiger partial charge in [-0.05, 0) is 23.6 Å². The number of hydrogen-bond donors (Lipinski definition) is 2. The number of sulfonamides is 1. The van der Waals surface area contributed by atoms with Crippen molar-refractivity contribution in [1.29, 1.82) is 0 Å². The van der Waals surface area contributed by atoms with Crippen molar-refractivity contribution < 1.29 is 22.7 Å². The molecule has 0 fully saturated rings. The Balaban J connectivity index is 2.38. The molecule has 2 heterocycles. The normalized spacial score (nSPS) is 11.2. The fourth-order valence-electron chi connectivity index (χ4n) is 1.32. The molecule has 0 amide bonds. The number of nitrogens with one attached hydrogen (secondary N) is 1. The molecular formula is C10H7FN2O4S2. The lowest BCUT2D eigenvalue weighted by Gasteiger charge is -2.06. The zero-order valence-corrected chi connectivity index (χ0v) is 10.8. The van der Waals surface area contributed by atoms with Crippen LogP contribution in [0.2, 0.25) is 0 Å². The van der Waals surface area contributed by atoms with Crippen LogP contribution in [0.3, 0.4) is 0 Å². The maximum absolute atomic E-state index is 12.9. The second-order valence-corrected chi connectivity index (χ2v) is 5.94. The number of rotatable bonds is 4. The monoisotopic (exact) mass is 302 g/mol. The number of aromatic nitrogens is 1. The SMILES string of the molecule is O=C(O)c1sccc1S(=O)(=O)Nc1cccc(F)n1. The van der Waals surface area contributed by atoms with E-state index >= 15 is 0 Å². The lowest BCUT2D eigenvalue weighted by molar-refractivity contribution is 0.0698. The quantitative estimate of drug-likeness (QED) is 0.839. The van der Waals surface area contributed by atoms with Gasteiger partial charge in [0, 0.05) is 0 Å². The molecule has 9 heteroatoms. The van der Waals surface area contributed by atoms with E-state index in [-0.39, 0.29) is 15.6 Å². The summed E-state index contributed by atoms with van der Waals surface area (Å²) in [5.74, 6) is -2.41. The predicted molar refractivity (Wildman–Crippen MR) is 66.3 cm³/mol. The van der Waals surface area contributed by atoms with Gasteiger partial charge in [-0.25, -0.2) is 18.2 Å². The molecule has 19 heavy (non-hydrogen) atoms. The Morgan fingerprint density at radius 2 is 2.11 bits per heavy atom. The fourth-order valence-corrected chi connectivity index (χ4v) is 3.59. The first-order valence-electron chi connectivity index (χ1n) is 4.86. The van der Waals surface area contributed by atoms with Gasteiger partial charge in [-0.2, -0.15) is 4.39 Å². The molecule has 100 valence electrons. The van der Waals surface area contributed by atoms with Crippen LogP contribution < -0.4 is 4.72 Å². The van der Waals surface area contributed by atoms with Gasteiger partial charge in [0.25, 0.3) is 10.0 Å². The molecule has 0 aromatic carbocycles. The molecule has 0 radical (unpaired) electrons. The molecule has 0 aliphatic carbocycles. The van der Waals surface area contributed by atoms with Gasteiger partial charge in [-0.1, -0.05) is 6.07 Å². The molecule has 6 nitrogen and oxygen atoms in total. The predicted octanol–water partition coefficient (Wildman–Crippen LogP) is 1.78. The van der Waals surface area contributed by atoms with Gasteiger partial charge >= 0.3 is 5.97 Å². The number of carboxylic acids is 1. The highest BCUT2D eigenvalue weighted by atomic mass is 32.2. The first kappa shape index (κ1) is 13.4. The highest BCUT2D eigenvalue weighted by molar-refractivity contribution is 7.93. The first-order valence-corrected chi connectivity index (χ1v) is 7.22. The van der Waals surface area contributed by atoms with Crippen LogP contribution >= 0.6 is 11.3 Å². The van der Waals surface area contributed by atoms with Crippen molar-refractivity contribution >= 4 is 33.1 Å². The van der Waals surface area contributed by atoms with Gasteiger partial charge in [0.1, 0.15) is 15.6 Å². The molecule has 2 rings (SSSR count). The summed E-state index contributed by atoms with van der Waals surface area (Å²) in [5.41, 5.74) is 0. The number of carboxylic acid groups (broad SMARTS) is 1. The van der Waals surface area contributed by atoms with Crippen molar-refractivity contribution in [2.24, 2.45) is 0 Å². The van der Waals surface area contributed by atoms with Crippen LogP contribution in [0.25, 0.3) is 0 Å². The van der Waals surface area contributed by atoms with Gasteiger partial charge in [0.05, 0.1) is 0 Å². The van der Waals surface area contributed by atoms with E-state index in [1.54, 1.807) is 0 Å². The van der Waals surface area contributed by atoms with Crippen LogP contribution in [0, 0.1) is 5.95 Å². The zero-order valence-electron chi connectivity index (χ0n) is 9.20. The molecule has 0 aliphatic heterocycles. The van der Waals surface area contributed by atoms with E-state index in [9.17, 15) is 17.6 Å². The Bertz CT molecular complexity index is 727. The molecule has 0 spiro atoms. The third kappa shape index (κ3) is 2.88. The van der Waals surface area contributed by atoms with Crippen LogP contribution in [-0.4, -0.2) is 24.5 Å². The summed E-state index contributed by atoms with van der Waals surface area (Å²) in [6.45, 7) is 0. The second kappa shape index (κ2) is 4.94. The molecule has 0 saturated heterocycles. The summed E-state index contributed by atoms with van der Waals surface area (Å²) in [6, 6.07) is 4.76. The van der Waals surface area contributed by atoms with Gasteiger partial charge in [-0.15, -0.1) is 11.3 Å². The largest absolute Gasteiger partial charge is 0.477 e. The number of halogens is 1. The van der Waals surface area contributed by atoms with Crippen molar-refractivity contribution in [3.05, 3.63) is 40.5 Å². The standard InChI is InChI=1S/C10H7FN2O4S2/c11-7-2-1-3-8(12-7)13-19(16,17)6-4-5-18-9(6)10(14)15/h1-5H,(H,12,13)(H,14,15). The molecule has 0 bridgehead atoms. The van der Waals surface area contributed by atoms with Gasteiger partial charge in [-0.3, -0.25) is 4.72 Å². The smallest absolute Gasteiger partial charge is 0.347 e. The van der Waals surface area contributed by atoms with Gasteiger partial charge in [0.15, 0.2) is 0 Å². The Labute approximate surface area is 111 Å². The van der Waals surface area contributed by atoms with E-state index in [0.29, 0.717) is 0 Å². The summed E-state index contributed by atoms with van der Waals surface area (Å²) in [6.07, 6.45) is 0. The summed E-state index contributed by atoms with van der Waals surface area (Å²) >= 11 is 0.785. The number of hydrogen-bond acceptors (Lipinski definition) is 5. The number of anilines is 1. The number of pyridine rings is 1. The summed E-state index contributed by atoms with van der Waals surface area (Å²) < 4.78 is 38.8. The summed E-state index contributed by atoms with van der Waals surface area (Å²) in [5, 5.41) is 10.2. The van der Waals surface area contributed by atoms with Crippen molar-refractivity contribution in [3.8, 4) is 0 Å². The fraction of sp³-hybridized carbons (Fsp3) is 0. The van der Waals surface area contributed by atoms with Crippen LogP contribution in [0.5, 0.6) is 0 Å². The Hall–Kier alpha value is -2.00. The van der Waals surface area contributed by atoms with E-state index in [1.165, 1.54) is 17.5 Å². The van der Waals surface area contributed by atoms with Crippen molar-refractivity contribution in [2.75, 3.05) is 4.72 Å². The minimum absolute atomic E-state index is 0.220. The summed E-state index contributed by atoms with van der Waals surface area (Å²) in [4.78, 5) is 13.5. The Morgan fingerprint density at radius 3 is 2.74 bits per heavy atom. The molecule has 0 aliphatic rings. The van der Waals surface area contributed by atoms with Crippen molar-refractivity contribution in [3.63, 3.8) is 0 Å². The van der Waals surface area contributed by atoms with Crippen LogP contribution in [0.4, 0.5) is 10.2 Å². The molecular weight excluding hydrogens is 295 g/mol.